The molecule has 104 valence electrons. The van der Waals surface area contributed by atoms with E-state index in [-0.39, 0.29) is 5.56 Å². The van der Waals surface area contributed by atoms with Crippen molar-refractivity contribution in [3.63, 3.8) is 0 Å². The van der Waals surface area contributed by atoms with Gasteiger partial charge in [0.25, 0.3) is 5.69 Å². The summed E-state index contributed by atoms with van der Waals surface area (Å²) in [5.41, 5.74) is -0.785. The standard InChI is InChI=1S/C13H17NO5/c1-3-4-9(2)8-19-10-5-6-12(14(17)18)11(7-10)13(15)16/h5-7,9H,3-4,8H2,1-2H3,(H,15,16). The second-order valence-corrected chi connectivity index (χ2v) is 4.45. The minimum Gasteiger partial charge on any atom is -0.493 e. The molecule has 0 bridgehead atoms. The van der Waals surface area contributed by atoms with E-state index >= 15 is 0 Å². The fraction of sp³-hybridized carbons (Fsp3) is 0.462. The Morgan fingerprint density at radius 1 is 1.53 bits per heavy atom. The van der Waals surface area contributed by atoms with E-state index in [1.807, 2.05) is 6.92 Å². The smallest absolute Gasteiger partial charge is 0.342 e. The van der Waals surface area contributed by atoms with E-state index in [4.69, 9.17) is 9.84 Å². The Labute approximate surface area is 111 Å². The molecule has 1 unspecified atom stereocenters. The Balaban J connectivity index is 2.84. The lowest BCUT2D eigenvalue weighted by atomic mass is 10.1. The van der Waals surface area contributed by atoms with E-state index in [0.717, 1.165) is 18.9 Å². The van der Waals surface area contributed by atoms with Gasteiger partial charge in [-0.3, -0.25) is 10.1 Å². The van der Waals surface area contributed by atoms with Crippen LogP contribution < -0.4 is 4.74 Å². The monoisotopic (exact) mass is 267 g/mol. The highest BCUT2D eigenvalue weighted by atomic mass is 16.6. The van der Waals surface area contributed by atoms with Crippen LogP contribution in [0.4, 0.5) is 5.69 Å². The van der Waals surface area contributed by atoms with Crippen LogP contribution in [0, 0.1) is 16.0 Å². The van der Waals surface area contributed by atoms with Crippen LogP contribution in [0.15, 0.2) is 18.2 Å². The van der Waals surface area contributed by atoms with Gasteiger partial charge in [-0.15, -0.1) is 0 Å². The van der Waals surface area contributed by atoms with Crippen molar-refractivity contribution in [3.8, 4) is 5.75 Å². The van der Waals surface area contributed by atoms with Gasteiger partial charge in [0.2, 0.25) is 0 Å². The zero-order chi connectivity index (χ0) is 14.4. The van der Waals surface area contributed by atoms with E-state index in [1.165, 1.54) is 12.1 Å². The number of aromatic carboxylic acids is 1. The molecule has 0 saturated carbocycles. The number of hydrogen-bond donors (Lipinski definition) is 1. The summed E-state index contributed by atoms with van der Waals surface area (Å²) < 4.78 is 5.46. The predicted octanol–water partition coefficient (Wildman–Crippen LogP) is 3.11. The molecule has 0 aliphatic carbocycles. The summed E-state index contributed by atoms with van der Waals surface area (Å²) in [6.45, 7) is 4.57. The van der Waals surface area contributed by atoms with Crippen molar-refractivity contribution in [1.29, 1.82) is 0 Å². The van der Waals surface area contributed by atoms with E-state index in [0.29, 0.717) is 18.3 Å². The summed E-state index contributed by atoms with van der Waals surface area (Å²) in [5.74, 6) is -0.641. The Morgan fingerprint density at radius 3 is 2.74 bits per heavy atom. The van der Waals surface area contributed by atoms with Crippen LogP contribution in [0.2, 0.25) is 0 Å². The number of nitro benzene ring substituents is 1. The van der Waals surface area contributed by atoms with Crippen LogP contribution in [-0.4, -0.2) is 22.6 Å². The van der Waals surface area contributed by atoms with Crippen molar-refractivity contribution < 1.29 is 19.6 Å². The third kappa shape index (κ3) is 4.24. The fourth-order valence-corrected chi connectivity index (χ4v) is 1.75. The predicted molar refractivity (Wildman–Crippen MR) is 69.6 cm³/mol. The summed E-state index contributed by atoms with van der Waals surface area (Å²) in [5, 5.41) is 19.6. The van der Waals surface area contributed by atoms with Gasteiger partial charge in [0.15, 0.2) is 0 Å². The lowest BCUT2D eigenvalue weighted by Crippen LogP contribution is -2.09. The van der Waals surface area contributed by atoms with Crippen LogP contribution >= 0.6 is 0 Å². The normalized spacial score (nSPS) is 11.9. The highest BCUT2D eigenvalue weighted by Crippen LogP contribution is 2.24. The van der Waals surface area contributed by atoms with Gasteiger partial charge in [-0.2, -0.15) is 0 Å². The van der Waals surface area contributed by atoms with Crippen LogP contribution in [0.1, 0.15) is 37.0 Å². The van der Waals surface area contributed by atoms with Crippen molar-refractivity contribution in [3.05, 3.63) is 33.9 Å². The lowest BCUT2D eigenvalue weighted by Gasteiger charge is -2.12. The average molecular weight is 267 g/mol. The molecule has 0 aromatic heterocycles. The first-order chi connectivity index (χ1) is 8.95. The average Bonchev–Trinajstić information content (AvgIpc) is 2.36. The molecule has 6 nitrogen and oxygen atoms in total. The van der Waals surface area contributed by atoms with Gasteiger partial charge in [-0.05, 0) is 18.4 Å². The number of carboxylic acid groups (broad SMARTS) is 1. The Bertz CT molecular complexity index is 472. The highest BCUT2D eigenvalue weighted by molar-refractivity contribution is 5.92. The molecule has 0 saturated heterocycles. The molecule has 0 aliphatic heterocycles. The molecule has 1 aromatic rings. The number of carboxylic acids is 1. The summed E-state index contributed by atoms with van der Waals surface area (Å²) in [6.07, 6.45) is 2.06. The van der Waals surface area contributed by atoms with Gasteiger partial charge < -0.3 is 9.84 Å². The maximum atomic E-state index is 11.0. The van der Waals surface area contributed by atoms with Crippen LogP contribution in [0.25, 0.3) is 0 Å². The first-order valence-corrected chi connectivity index (χ1v) is 6.10. The van der Waals surface area contributed by atoms with E-state index in [2.05, 4.69) is 6.92 Å². The molecule has 1 atom stereocenters. The van der Waals surface area contributed by atoms with Crippen molar-refractivity contribution in [2.24, 2.45) is 5.92 Å². The largest absolute Gasteiger partial charge is 0.493 e. The summed E-state index contributed by atoms with van der Waals surface area (Å²) >= 11 is 0. The number of hydrogen-bond acceptors (Lipinski definition) is 4. The molecular weight excluding hydrogens is 250 g/mol. The second kappa shape index (κ2) is 6.72. The molecule has 0 amide bonds. The molecule has 1 aromatic carbocycles. The molecular formula is C13H17NO5. The minimum absolute atomic E-state index is 0.339. The Hall–Kier alpha value is -2.11. The zero-order valence-corrected chi connectivity index (χ0v) is 11.0. The molecule has 0 heterocycles. The van der Waals surface area contributed by atoms with Gasteiger partial charge in [0.05, 0.1) is 11.5 Å². The lowest BCUT2D eigenvalue weighted by molar-refractivity contribution is -0.385. The number of rotatable bonds is 7. The van der Waals surface area contributed by atoms with Gasteiger partial charge in [-0.1, -0.05) is 20.3 Å². The van der Waals surface area contributed by atoms with Crippen LogP contribution in [0.3, 0.4) is 0 Å². The van der Waals surface area contributed by atoms with Crippen molar-refractivity contribution >= 4 is 11.7 Å². The van der Waals surface area contributed by atoms with Crippen LogP contribution in [-0.2, 0) is 0 Å². The quantitative estimate of drug-likeness (QED) is 0.605. The maximum Gasteiger partial charge on any atom is 0.342 e. The van der Waals surface area contributed by atoms with Gasteiger partial charge in [0.1, 0.15) is 11.3 Å². The number of ether oxygens (including phenoxy) is 1. The van der Waals surface area contributed by atoms with Gasteiger partial charge in [-0.25, -0.2) is 4.79 Å². The third-order valence-electron chi connectivity index (χ3n) is 2.71. The minimum atomic E-state index is -1.33. The fourth-order valence-electron chi connectivity index (χ4n) is 1.75. The molecule has 1 N–H and O–H groups in total. The van der Waals surface area contributed by atoms with Crippen molar-refractivity contribution in [2.75, 3.05) is 6.61 Å². The van der Waals surface area contributed by atoms with Gasteiger partial charge >= 0.3 is 5.97 Å². The van der Waals surface area contributed by atoms with Gasteiger partial charge in [0, 0.05) is 12.1 Å². The highest BCUT2D eigenvalue weighted by Gasteiger charge is 2.20. The number of nitrogens with zero attached hydrogens (tertiary/aromatic N) is 1. The first kappa shape index (κ1) is 14.9. The van der Waals surface area contributed by atoms with E-state index in [1.54, 1.807) is 0 Å². The van der Waals surface area contributed by atoms with E-state index < -0.39 is 16.6 Å². The summed E-state index contributed by atoms with van der Waals surface area (Å²) in [4.78, 5) is 20.9. The molecule has 6 heteroatoms. The molecule has 0 fully saturated rings. The summed E-state index contributed by atoms with van der Waals surface area (Å²) in [7, 11) is 0. The molecule has 19 heavy (non-hydrogen) atoms. The first-order valence-electron chi connectivity index (χ1n) is 6.10. The SMILES string of the molecule is CCCC(C)COc1ccc([N+](=O)[O-])c(C(=O)O)c1. The van der Waals surface area contributed by atoms with Crippen LogP contribution in [0.5, 0.6) is 5.75 Å². The second-order valence-electron chi connectivity index (χ2n) is 4.45. The topological polar surface area (TPSA) is 89.7 Å². The zero-order valence-electron chi connectivity index (χ0n) is 11.0. The Kier molecular flexibility index (Phi) is 5.29. The summed E-state index contributed by atoms with van der Waals surface area (Å²) in [6, 6.07) is 3.77. The van der Waals surface area contributed by atoms with E-state index in [9.17, 15) is 14.9 Å². The number of carbonyl (C=O) groups is 1. The van der Waals surface area contributed by atoms with Crippen molar-refractivity contribution in [1.82, 2.24) is 0 Å². The van der Waals surface area contributed by atoms with Crippen molar-refractivity contribution in [2.45, 2.75) is 26.7 Å². The third-order valence-corrected chi connectivity index (χ3v) is 2.71. The number of nitro groups is 1. The molecule has 0 aliphatic rings. The molecule has 0 spiro atoms. The Morgan fingerprint density at radius 2 is 2.21 bits per heavy atom. The molecule has 1 rings (SSSR count). The molecule has 0 radical (unpaired) electrons. The maximum absolute atomic E-state index is 11.0. The number of benzene rings is 1.